The molecule has 80 valence electrons. The van der Waals surface area contributed by atoms with Crippen molar-refractivity contribution in [2.75, 3.05) is 13.1 Å². The molecule has 0 bridgehead atoms. The van der Waals surface area contributed by atoms with Crippen LogP contribution in [0.5, 0.6) is 0 Å². The number of nitrogens with one attached hydrogen (secondary N) is 2. The highest BCUT2D eigenvalue weighted by molar-refractivity contribution is 5.76. The van der Waals surface area contributed by atoms with E-state index in [1.807, 2.05) is 0 Å². The van der Waals surface area contributed by atoms with Gasteiger partial charge in [-0.05, 0) is 31.7 Å². The monoisotopic (exact) mass is 200 g/mol. The summed E-state index contributed by atoms with van der Waals surface area (Å²) >= 11 is 0. The van der Waals surface area contributed by atoms with Crippen molar-refractivity contribution >= 4 is 5.91 Å². The fourth-order valence-electron chi connectivity index (χ4n) is 1.83. The molecule has 1 saturated carbocycles. The Morgan fingerprint density at radius 1 is 1.43 bits per heavy atom. The van der Waals surface area contributed by atoms with E-state index in [4.69, 9.17) is 0 Å². The van der Waals surface area contributed by atoms with Crippen molar-refractivity contribution in [3.05, 3.63) is 0 Å². The number of hydrogen-bond acceptors (Lipinski definition) is 2. The van der Waals surface area contributed by atoms with Crippen LogP contribution in [0.3, 0.4) is 0 Å². The first kappa shape index (κ1) is 9.90. The van der Waals surface area contributed by atoms with Crippen LogP contribution in [0, 0.1) is 5.92 Å². The van der Waals surface area contributed by atoms with Gasteiger partial charge in [0.25, 0.3) is 0 Å². The molecule has 2 unspecified atom stereocenters. The van der Waals surface area contributed by atoms with Crippen LogP contribution < -0.4 is 10.6 Å². The predicted molar refractivity (Wildman–Crippen MR) is 51.7 cm³/mol. The van der Waals surface area contributed by atoms with E-state index in [0.29, 0.717) is 25.3 Å². The molecule has 2 atom stereocenters. The van der Waals surface area contributed by atoms with Crippen molar-refractivity contribution in [1.29, 1.82) is 0 Å². The molecule has 2 fully saturated rings. The molecule has 1 heterocycles. The molecule has 1 aliphatic heterocycles. The number of piperidine rings is 1. The molecule has 4 heteroatoms. The maximum absolute atomic E-state index is 13.3. The summed E-state index contributed by atoms with van der Waals surface area (Å²) in [4.78, 5) is 11.4. The molecule has 1 saturated heterocycles. The highest BCUT2D eigenvalue weighted by Gasteiger charge is 2.29. The van der Waals surface area contributed by atoms with Crippen molar-refractivity contribution < 1.29 is 9.18 Å². The molecule has 14 heavy (non-hydrogen) atoms. The van der Waals surface area contributed by atoms with Gasteiger partial charge in [-0.2, -0.15) is 0 Å². The van der Waals surface area contributed by atoms with Gasteiger partial charge in [-0.15, -0.1) is 0 Å². The van der Waals surface area contributed by atoms with Gasteiger partial charge in [0, 0.05) is 13.0 Å². The Bertz CT molecular complexity index is 218. The van der Waals surface area contributed by atoms with Gasteiger partial charge in [-0.25, -0.2) is 4.39 Å². The number of carbonyl (C=O) groups excluding carboxylic acids is 1. The quantitative estimate of drug-likeness (QED) is 0.700. The predicted octanol–water partition coefficient (Wildman–Crippen LogP) is 0.603. The zero-order valence-corrected chi connectivity index (χ0v) is 8.26. The highest BCUT2D eigenvalue weighted by atomic mass is 19.1. The average molecular weight is 200 g/mol. The first-order valence-electron chi connectivity index (χ1n) is 5.40. The second kappa shape index (κ2) is 4.26. The van der Waals surface area contributed by atoms with Crippen LogP contribution in [0.4, 0.5) is 4.39 Å². The maximum Gasteiger partial charge on any atom is 0.220 e. The Hall–Kier alpha value is -0.640. The normalized spacial score (nSPS) is 32.6. The van der Waals surface area contributed by atoms with Gasteiger partial charge in [0.2, 0.25) is 5.91 Å². The molecule has 2 N–H and O–H groups in total. The second-order valence-corrected chi connectivity index (χ2v) is 4.33. The SMILES string of the molecule is O=C(CC1CC1)NC1CCNCC1F. The summed E-state index contributed by atoms with van der Waals surface area (Å²) in [6, 6.07) is -0.262. The Morgan fingerprint density at radius 3 is 2.86 bits per heavy atom. The van der Waals surface area contributed by atoms with Crippen LogP contribution in [0.2, 0.25) is 0 Å². The van der Waals surface area contributed by atoms with Crippen molar-refractivity contribution in [3.8, 4) is 0 Å². The van der Waals surface area contributed by atoms with Crippen LogP contribution in [0.15, 0.2) is 0 Å². The standard InChI is InChI=1S/C10H17FN2O/c11-8-6-12-4-3-9(8)13-10(14)5-7-1-2-7/h7-9,12H,1-6H2,(H,13,14). The summed E-state index contributed by atoms with van der Waals surface area (Å²) in [5, 5.41) is 5.75. The molecule has 3 nitrogen and oxygen atoms in total. The third-order valence-electron chi connectivity index (χ3n) is 2.93. The zero-order valence-electron chi connectivity index (χ0n) is 8.26. The lowest BCUT2D eigenvalue weighted by Crippen LogP contribution is -2.50. The topological polar surface area (TPSA) is 41.1 Å². The summed E-state index contributed by atoms with van der Waals surface area (Å²) in [6.45, 7) is 1.17. The van der Waals surface area contributed by atoms with E-state index in [1.54, 1.807) is 0 Å². The van der Waals surface area contributed by atoms with Gasteiger partial charge < -0.3 is 10.6 Å². The number of hydrogen-bond donors (Lipinski definition) is 2. The van der Waals surface area contributed by atoms with Gasteiger partial charge in [-0.1, -0.05) is 0 Å². The van der Waals surface area contributed by atoms with E-state index in [2.05, 4.69) is 10.6 Å². The van der Waals surface area contributed by atoms with Crippen LogP contribution in [-0.4, -0.2) is 31.2 Å². The fourth-order valence-corrected chi connectivity index (χ4v) is 1.83. The van der Waals surface area contributed by atoms with Crippen molar-refractivity contribution in [2.24, 2.45) is 5.92 Å². The molecule has 0 radical (unpaired) electrons. The van der Waals surface area contributed by atoms with E-state index in [-0.39, 0.29) is 11.9 Å². The smallest absolute Gasteiger partial charge is 0.220 e. The Morgan fingerprint density at radius 2 is 2.21 bits per heavy atom. The van der Waals surface area contributed by atoms with Crippen molar-refractivity contribution in [1.82, 2.24) is 10.6 Å². The molecule has 1 amide bonds. The van der Waals surface area contributed by atoms with Gasteiger partial charge >= 0.3 is 0 Å². The minimum atomic E-state index is -0.924. The van der Waals surface area contributed by atoms with E-state index in [1.165, 1.54) is 12.8 Å². The summed E-state index contributed by atoms with van der Waals surface area (Å²) in [5.74, 6) is 0.608. The van der Waals surface area contributed by atoms with E-state index < -0.39 is 6.17 Å². The average Bonchev–Trinajstić information content (AvgIpc) is 2.93. The zero-order chi connectivity index (χ0) is 9.97. The maximum atomic E-state index is 13.3. The number of halogens is 1. The van der Waals surface area contributed by atoms with E-state index >= 15 is 0 Å². The first-order chi connectivity index (χ1) is 6.75. The minimum absolute atomic E-state index is 0.0297. The molecule has 0 aromatic rings. The molecule has 0 aromatic heterocycles. The minimum Gasteiger partial charge on any atom is -0.350 e. The lowest BCUT2D eigenvalue weighted by Gasteiger charge is -2.27. The highest BCUT2D eigenvalue weighted by Crippen LogP contribution is 2.32. The van der Waals surface area contributed by atoms with Crippen molar-refractivity contribution in [2.45, 2.75) is 37.9 Å². The molecular weight excluding hydrogens is 183 g/mol. The largest absolute Gasteiger partial charge is 0.350 e. The van der Waals surface area contributed by atoms with Crippen LogP contribution in [0.25, 0.3) is 0 Å². The third-order valence-corrected chi connectivity index (χ3v) is 2.93. The van der Waals surface area contributed by atoms with Gasteiger partial charge in [-0.3, -0.25) is 4.79 Å². The van der Waals surface area contributed by atoms with Crippen LogP contribution in [-0.2, 0) is 4.79 Å². The molecule has 0 spiro atoms. The number of rotatable bonds is 3. The molecule has 2 aliphatic rings. The number of amides is 1. The third kappa shape index (κ3) is 2.67. The Kier molecular flexibility index (Phi) is 3.01. The second-order valence-electron chi connectivity index (χ2n) is 4.33. The number of alkyl halides is 1. The lowest BCUT2D eigenvalue weighted by atomic mass is 10.0. The van der Waals surface area contributed by atoms with Crippen LogP contribution >= 0.6 is 0 Å². The van der Waals surface area contributed by atoms with E-state index in [9.17, 15) is 9.18 Å². The molecule has 2 rings (SSSR count). The molecule has 1 aliphatic carbocycles. The fraction of sp³-hybridized carbons (Fsp3) is 0.900. The number of carbonyl (C=O) groups is 1. The Labute approximate surface area is 83.4 Å². The molecule has 0 aromatic carbocycles. The van der Waals surface area contributed by atoms with Crippen LogP contribution in [0.1, 0.15) is 25.7 Å². The lowest BCUT2D eigenvalue weighted by molar-refractivity contribution is -0.122. The van der Waals surface area contributed by atoms with Gasteiger partial charge in [0.1, 0.15) is 6.17 Å². The first-order valence-corrected chi connectivity index (χ1v) is 5.40. The summed E-state index contributed by atoms with van der Waals surface area (Å²) in [6.07, 6.45) is 2.71. The summed E-state index contributed by atoms with van der Waals surface area (Å²) in [5.41, 5.74) is 0. The van der Waals surface area contributed by atoms with Gasteiger partial charge in [0.05, 0.1) is 6.04 Å². The summed E-state index contributed by atoms with van der Waals surface area (Å²) < 4.78 is 13.3. The Balaban J connectivity index is 1.73. The van der Waals surface area contributed by atoms with Gasteiger partial charge in [0.15, 0.2) is 0 Å². The van der Waals surface area contributed by atoms with E-state index in [0.717, 1.165) is 6.54 Å². The summed E-state index contributed by atoms with van der Waals surface area (Å²) in [7, 11) is 0. The molecular formula is C10H17FN2O. The van der Waals surface area contributed by atoms with Crippen molar-refractivity contribution in [3.63, 3.8) is 0 Å².